The molecular weight excluding hydrogens is 170 g/mol. The lowest BCUT2D eigenvalue weighted by molar-refractivity contribution is 1.07. The van der Waals surface area contributed by atoms with Gasteiger partial charge < -0.3 is 5.73 Å². The molecule has 1 aliphatic carbocycles. The van der Waals surface area contributed by atoms with Crippen LogP contribution >= 0.6 is 11.6 Å². The lowest BCUT2D eigenvalue weighted by Gasteiger charge is -1.98. The first kappa shape index (κ1) is 7.84. The molecule has 2 heteroatoms. The third-order valence-corrected chi connectivity index (χ3v) is 2.50. The van der Waals surface area contributed by atoms with E-state index in [9.17, 15) is 0 Å². The second kappa shape index (κ2) is 2.92. The number of fused-ring (bicyclic) bond motifs is 1. The third kappa shape index (κ3) is 1.15. The van der Waals surface area contributed by atoms with Crippen molar-refractivity contribution in [1.82, 2.24) is 0 Å². The topological polar surface area (TPSA) is 26.0 Å². The van der Waals surface area contributed by atoms with Crippen molar-refractivity contribution in [2.24, 2.45) is 5.73 Å². The second-order valence-corrected chi connectivity index (χ2v) is 3.40. The highest BCUT2D eigenvalue weighted by Gasteiger charge is 2.12. The molecule has 2 N–H and O–H groups in total. The molecule has 0 atom stereocenters. The zero-order valence-electron chi connectivity index (χ0n) is 6.68. The predicted molar refractivity (Wildman–Crippen MR) is 52.2 cm³/mol. The van der Waals surface area contributed by atoms with E-state index in [1.165, 1.54) is 11.1 Å². The van der Waals surface area contributed by atoms with Gasteiger partial charge in [-0.1, -0.05) is 35.4 Å². The summed E-state index contributed by atoms with van der Waals surface area (Å²) in [6, 6.07) is 5.99. The molecule has 1 nitrogen and oxygen atoms in total. The minimum Gasteiger partial charge on any atom is -0.327 e. The average molecular weight is 180 g/mol. The largest absolute Gasteiger partial charge is 0.327 e. The summed E-state index contributed by atoms with van der Waals surface area (Å²) < 4.78 is 0. The summed E-state index contributed by atoms with van der Waals surface area (Å²) in [5, 5.41) is 0.830. The van der Waals surface area contributed by atoms with E-state index in [2.05, 4.69) is 12.1 Å². The van der Waals surface area contributed by atoms with E-state index < -0.39 is 0 Å². The standard InChI is InChI=1S/C10H10ClN/c11-10-3-1-2-8-4-7(6-12)5-9(8)10/h1-3,5H,4,6,12H2. The van der Waals surface area contributed by atoms with Gasteiger partial charge in [-0.25, -0.2) is 0 Å². The van der Waals surface area contributed by atoms with E-state index in [1.807, 2.05) is 12.1 Å². The van der Waals surface area contributed by atoms with Gasteiger partial charge in [0.05, 0.1) is 0 Å². The Kier molecular flexibility index (Phi) is 1.91. The van der Waals surface area contributed by atoms with Crippen LogP contribution in [-0.4, -0.2) is 6.54 Å². The van der Waals surface area contributed by atoms with Crippen molar-refractivity contribution in [2.75, 3.05) is 6.54 Å². The normalized spacial score (nSPS) is 14.3. The van der Waals surface area contributed by atoms with Crippen molar-refractivity contribution in [3.8, 4) is 0 Å². The van der Waals surface area contributed by atoms with Gasteiger partial charge in [0.2, 0.25) is 0 Å². The van der Waals surface area contributed by atoms with E-state index in [4.69, 9.17) is 17.3 Å². The first-order chi connectivity index (χ1) is 5.81. The average Bonchev–Trinajstić information content (AvgIpc) is 2.49. The number of hydrogen-bond acceptors (Lipinski definition) is 1. The van der Waals surface area contributed by atoms with Crippen molar-refractivity contribution in [1.29, 1.82) is 0 Å². The molecule has 0 saturated carbocycles. The number of halogens is 1. The van der Waals surface area contributed by atoms with E-state index in [1.54, 1.807) is 0 Å². The molecule has 1 aliphatic rings. The van der Waals surface area contributed by atoms with Crippen LogP contribution in [0.5, 0.6) is 0 Å². The number of hydrogen-bond donors (Lipinski definition) is 1. The Bertz CT molecular complexity index is 342. The molecule has 0 spiro atoms. The molecular formula is C10H10ClN. The van der Waals surface area contributed by atoms with Crippen molar-refractivity contribution < 1.29 is 0 Å². The summed E-state index contributed by atoms with van der Waals surface area (Å²) in [6.07, 6.45) is 3.06. The lowest BCUT2D eigenvalue weighted by Crippen LogP contribution is -2.01. The van der Waals surface area contributed by atoms with Gasteiger partial charge in [0.25, 0.3) is 0 Å². The van der Waals surface area contributed by atoms with Gasteiger partial charge in [-0.05, 0) is 23.6 Å². The minimum absolute atomic E-state index is 0.630. The molecule has 0 aromatic heterocycles. The van der Waals surface area contributed by atoms with Crippen LogP contribution in [0.4, 0.5) is 0 Å². The fourth-order valence-corrected chi connectivity index (χ4v) is 1.78. The molecule has 0 unspecified atom stereocenters. The van der Waals surface area contributed by atoms with E-state index in [0.717, 1.165) is 17.0 Å². The Morgan fingerprint density at radius 3 is 2.92 bits per heavy atom. The fraction of sp³-hybridized carbons (Fsp3) is 0.200. The van der Waals surface area contributed by atoms with Gasteiger partial charge in [0.1, 0.15) is 0 Å². The Balaban J connectivity index is 2.48. The molecule has 0 saturated heterocycles. The monoisotopic (exact) mass is 179 g/mol. The summed E-state index contributed by atoms with van der Waals surface area (Å²) in [6.45, 7) is 0.630. The first-order valence-electron chi connectivity index (χ1n) is 3.98. The predicted octanol–water partition coefficient (Wildman–Crippen LogP) is 2.24. The van der Waals surface area contributed by atoms with Crippen LogP contribution in [0.15, 0.2) is 23.8 Å². The third-order valence-electron chi connectivity index (χ3n) is 2.17. The number of rotatable bonds is 1. The maximum atomic E-state index is 6.01. The summed E-state index contributed by atoms with van der Waals surface area (Å²) in [4.78, 5) is 0. The molecule has 0 aliphatic heterocycles. The minimum atomic E-state index is 0.630. The maximum Gasteiger partial charge on any atom is 0.0481 e. The van der Waals surface area contributed by atoms with E-state index in [-0.39, 0.29) is 0 Å². The molecule has 62 valence electrons. The van der Waals surface area contributed by atoms with Gasteiger partial charge in [-0.15, -0.1) is 0 Å². The molecule has 0 bridgehead atoms. The molecule has 1 aromatic carbocycles. The van der Waals surface area contributed by atoms with Gasteiger partial charge in [0, 0.05) is 11.6 Å². The SMILES string of the molecule is NCC1=Cc2c(Cl)cccc2C1. The van der Waals surface area contributed by atoms with Crippen molar-refractivity contribution >= 4 is 17.7 Å². The summed E-state index contributed by atoms with van der Waals surface area (Å²) in [7, 11) is 0. The second-order valence-electron chi connectivity index (χ2n) is 3.00. The highest BCUT2D eigenvalue weighted by Crippen LogP contribution is 2.29. The highest BCUT2D eigenvalue weighted by molar-refractivity contribution is 6.32. The van der Waals surface area contributed by atoms with Gasteiger partial charge in [-0.2, -0.15) is 0 Å². The zero-order chi connectivity index (χ0) is 8.55. The number of benzene rings is 1. The van der Waals surface area contributed by atoms with Crippen LogP contribution in [0, 0.1) is 0 Å². The Morgan fingerprint density at radius 2 is 2.25 bits per heavy atom. The van der Waals surface area contributed by atoms with Gasteiger partial charge in [-0.3, -0.25) is 0 Å². The Morgan fingerprint density at radius 1 is 1.42 bits per heavy atom. The first-order valence-corrected chi connectivity index (χ1v) is 4.36. The van der Waals surface area contributed by atoms with Crippen LogP contribution in [0.1, 0.15) is 11.1 Å². The number of nitrogens with two attached hydrogens (primary N) is 1. The smallest absolute Gasteiger partial charge is 0.0481 e. The Labute approximate surface area is 76.8 Å². The van der Waals surface area contributed by atoms with Crippen LogP contribution < -0.4 is 5.73 Å². The summed E-state index contributed by atoms with van der Waals surface area (Å²) >= 11 is 6.01. The summed E-state index contributed by atoms with van der Waals surface area (Å²) in [5.41, 5.74) is 9.26. The van der Waals surface area contributed by atoms with Crippen LogP contribution in [0.25, 0.3) is 6.08 Å². The molecule has 0 radical (unpaired) electrons. The lowest BCUT2D eigenvalue weighted by atomic mass is 10.1. The summed E-state index contributed by atoms with van der Waals surface area (Å²) in [5.74, 6) is 0. The van der Waals surface area contributed by atoms with E-state index in [0.29, 0.717) is 6.54 Å². The van der Waals surface area contributed by atoms with Crippen molar-refractivity contribution in [3.05, 3.63) is 39.9 Å². The molecule has 0 heterocycles. The van der Waals surface area contributed by atoms with Crippen LogP contribution in [0.3, 0.4) is 0 Å². The fourth-order valence-electron chi connectivity index (χ4n) is 1.53. The molecule has 12 heavy (non-hydrogen) atoms. The van der Waals surface area contributed by atoms with Gasteiger partial charge >= 0.3 is 0 Å². The molecule has 1 aromatic rings. The van der Waals surface area contributed by atoms with Gasteiger partial charge in [0.15, 0.2) is 0 Å². The van der Waals surface area contributed by atoms with Crippen molar-refractivity contribution in [3.63, 3.8) is 0 Å². The molecule has 2 rings (SSSR count). The molecule has 0 fully saturated rings. The van der Waals surface area contributed by atoms with Crippen LogP contribution in [-0.2, 0) is 6.42 Å². The highest BCUT2D eigenvalue weighted by atomic mass is 35.5. The molecule has 0 amide bonds. The quantitative estimate of drug-likeness (QED) is 0.703. The van der Waals surface area contributed by atoms with Crippen molar-refractivity contribution in [2.45, 2.75) is 6.42 Å². The Hall–Kier alpha value is -0.790. The van der Waals surface area contributed by atoms with E-state index >= 15 is 0 Å². The van der Waals surface area contributed by atoms with Crippen LogP contribution in [0.2, 0.25) is 5.02 Å². The maximum absolute atomic E-state index is 6.01. The zero-order valence-corrected chi connectivity index (χ0v) is 7.43.